The van der Waals surface area contributed by atoms with Gasteiger partial charge in [-0.05, 0) is 49.8 Å². The number of amides is 1. The van der Waals surface area contributed by atoms with Gasteiger partial charge >= 0.3 is 0 Å². The lowest BCUT2D eigenvalue weighted by Gasteiger charge is -2.23. The zero-order valence-electron chi connectivity index (χ0n) is 11.3. The Bertz CT molecular complexity index is 538. The molecular formula is C16H18BrNO2. The van der Waals surface area contributed by atoms with Gasteiger partial charge in [0.2, 0.25) is 5.91 Å². The number of benzene rings is 1. The molecule has 3 nitrogen and oxygen atoms in total. The topological polar surface area (TPSA) is 38.3 Å². The molecule has 2 bridgehead atoms. The van der Waals surface area contributed by atoms with Gasteiger partial charge in [-0.25, -0.2) is 0 Å². The summed E-state index contributed by atoms with van der Waals surface area (Å²) in [5.74, 6) is 0.263. The van der Waals surface area contributed by atoms with Crippen molar-refractivity contribution in [3.8, 4) is 0 Å². The van der Waals surface area contributed by atoms with E-state index in [9.17, 15) is 4.79 Å². The Morgan fingerprint density at radius 1 is 1.25 bits per heavy atom. The molecule has 1 aliphatic carbocycles. The highest BCUT2D eigenvalue weighted by Gasteiger charge is 2.50. The molecule has 20 heavy (non-hydrogen) atoms. The van der Waals surface area contributed by atoms with Crippen LogP contribution in [0.15, 0.2) is 28.7 Å². The molecule has 4 rings (SSSR count). The number of fused-ring (bicyclic) bond motifs is 2. The first-order valence-corrected chi connectivity index (χ1v) is 8.19. The van der Waals surface area contributed by atoms with Crippen LogP contribution < -0.4 is 5.32 Å². The maximum absolute atomic E-state index is 12.5. The Labute approximate surface area is 127 Å². The molecule has 0 radical (unpaired) electrons. The highest BCUT2D eigenvalue weighted by molar-refractivity contribution is 9.10. The molecule has 2 saturated heterocycles. The van der Waals surface area contributed by atoms with E-state index < -0.39 is 0 Å². The quantitative estimate of drug-likeness (QED) is 0.921. The van der Waals surface area contributed by atoms with Gasteiger partial charge in [0.15, 0.2) is 0 Å². The molecule has 2 heterocycles. The van der Waals surface area contributed by atoms with E-state index in [1.807, 2.05) is 12.1 Å². The summed E-state index contributed by atoms with van der Waals surface area (Å²) in [6.07, 6.45) is 5.68. The van der Waals surface area contributed by atoms with Crippen molar-refractivity contribution in [1.82, 2.24) is 5.32 Å². The number of hydrogen-bond donors (Lipinski definition) is 1. The second-order valence-corrected chi connectivity index (χ2v) is 7.21. The van der Waals surface area contributed by atoms with Crippen molar-refractivity contribution in [3.05, 3.63) is 34.3 Å². The van der Waals surface area contributed by atoms with Crippen molar-refractivity contribution in [2.45, 2.75) is 49.9 Å². The predicted octanol–water partition coefficient (Wildman–Crippen LogP) is 3.12. The summed E-state index contributed by atoms with van der Waals surface area (Å²) in [4.78, 5) is 12.5. The number of rotatable bonds is 3. The number of nitrogens with one attached hydrogen (secondary N) is 1. The van der Waals surface area contributed by atoms with Crippen LogP contribution >= 0.6 is 15.9 Å². The fourth-order valence-electron chi connectivity index (χ4n) is 3.62. The number of carbonyl (C=O) groups excluding carboxylic acids is 1. The fourth-order valence-corrected chi connectivity index (χ4v) is 3.89. The minimum Gasteiger partial charge on any atom is -0.374 e. The van der Waals surface area contributed by atoms with Crippen molar-refractivity contribution in [2.75, 3.05) is 0 Å². The normalized spacial score (nSPS) is 33.1. The second-order valence-electron chi connectivity index (χ2n) is 6.29. The van der Waals surface area contributed by atoms with Gasteiger partial charge in [0.05, 0.1) is 23.7 Å². The van der Waals surface area contributed by atoms with E-state index in [0.29, 0.717) is 6.10 Å². The van der Waals surface area contributed by atoms with Crippen LogP contribution in [-0.2, 0) is 15.1 Å². The molecule has 4 heteroatoms. The Morgan fingerprint density at radius 3 is 2.55 bits per heavy atom. The third-order valence-corrected chi connectivity index (χ3v) is 5.48. The van der Waals surface area contributed by atoms with Gasteiger partial charge < -0.3 is 10.1 Å². The van der Waals surface area contributed by atoms with Crippen LogP contribution in [0.2, 0.25) is 0 Å². The standard InChI is InChI=1S/C16H18BrNO2/c17-11-3-1-10(2-4-11)16(7-8-16)18-15(19)13-9-12-5-6-14(13)20-12/h1-4,12-14H,5-9H2,(H,18,19)/t12-,13+,14-/m1/s1. The van der Waals surface area contributed by atoms with Crippen molar-refractivity contribution in [3.63, 3.8) is 0 Å². The summed E-state index contributed by atoms with van der Waals surface area (Å²) in [5.41, 5.74) is 1.11. The summed E-state index contributed by atoms with van der Waals surface area (Å²) >= 11 is 3.46. The van der Waals surface area contributed by atoms with Crippen molar-refractivity contribution < 1.29 is 9.53 Å². The molecule has 3 fully saturated rings. The first-order chi connectivity index (χ1) is 9.66. The molecule has 0 aromatic heterocycles. The maximum atomic E-state index is 12.5. The Balaban J connectivity index is 1.48. The van der Waals surface area contributed by atoms with E-state index in [4.69, 9.17) is 4.74 Å². The fraction of sp³-hybridized carbons (Fsp3) is 0.562. The summed E-state index contributed by atoms with van der Waals surface area (Å²) in [6, 6.07) is 8.30. The zero-order valence-corrected chi connectivity index (χ0v) is 12.9. The number of halogens is 1. The van der Waals surface area contributed by atoms with Crippen LogP contribution in [-0.4, -0.2) is 18.1 Å². The highest BCUT2D eigenvalue weighted by Crippen LogP contribution is 2.47. The van der Waals surface area contributed by atoms with E-state index in [1.165, 1.54) is 5.56 Å². The molecule has 0 spiro atoms. The van der Waals surface area contributed by atoms with E-state index in [2.05, 4.69) is 33.4 Å². The van der Waals surface area contributed by atoms with Crippen LogP contribution in [0.25, 0.3) is 0 Å². The maximum Gasteiger partial charge on any atom is 0.226 e. The van der Waals surface area contributed by atoms with Crippen molar-refractivity contribution in [2.24, 2.45) is 5.92 Å². The van der Waals surface area contributed by atoms with Crippen LogP contribution in [0.5, 0.6) is 0 Å². The lowest BCUT2D eigenvalue weighted by molar-refractivity contribution is -0.127. The van der Waals surface area contributed by atoms with Gasteiger partial charge in [0.25, 0.3) is 0 Å². The lowest BCUT2D eigenvalue weighted by Crippen LogP contribution is -2.42. The smallest absolute Gasteiger partial charge is 0.226 e. The summed E-state index contributed by atoms with van der Waals surface area (Å²) in [7, 11) is 0. The Morgan fingerprint density at radius 2 is 2.00 bits per heavy atom. The van der Waals surface area contributed by atoms with E-state index in [-0.39, 0.29) is 23.5 Å². The van der Waals surface area contributed by atoms with E-state index in [0.717, 1.165) is 36.6 Å². The number of ether oxygens (including phenoxy) is 1. The molecule has 2 aliphatic heterocycles. The molecule has 3 atom stereocenters. The van der Waals surface area contributed by atoms with E-state index in [1.54, 1.807) is 0 Å². The largest absolute Gasteiger partial charge is 0.374 e. The molecular weight excluding hydrogens is 318 g/mol. The average molecular weight is 336 g/mol. The molecule has 3 aliphatic rings. The van der Waals surface area contributed by atoms with Gasteiger partial charge in [-0.1, -0.05) is 28.1 Å². The van der Waals surface area contributed by atoms with Crippen LogP contribution in [0, 0.1) is 5.92 Å². The van der Waals surface area contributed by atoms with Crippen LogP contribution in [0.4, 0.5) is 0 Å². The average Bonchev–Trinajstić information content (AvgIpc) is 2.93. The minimum atomic E-state index is -0.111. The lowest BCUT2D eigenvalue weighted by atomic mass is 9.88. The molecule has 0 unspecified atom stereocenters. The van der Waals surface area contributed by atoms with Gasteiger partial charge in [-0.2, -0.15) is 0 Å². The molecule has 1 amide bonds. The first kappa shape index (κ1) is 12.8. The third-order valence-electron chi connectivity index (χ3n) is 4.95. The SMILES string of the molecule is O=C(NC1(c2ccc(Br)cc2)CC1)[C@H]1C[C@H]2CC[C@H]1O2. The van der Waals surface area contributed by atoms with Gasteiger partial charge in [-0.15, -0.1) is 0 Å². The Kier molecular flexibility index (Phi) is 2.93. The van der Waals surface area contributed by atoms with Gasteiger partial charge in [0, 0.05) is 4.47 Å². The molecule has 1 N–H and O–H groups in total. The molecule has 1 aromatic rings. The molecule has 106 valence electrons. The zero-order chi connectivity index (χ0) is 13.7. The van der Waals surface area contributed by atoms with Crippen molar-refractivity contribution in [1.29, 1.82) is 0 Å². The van der Waals surface area contributed by atoms with Crippen LogP contribution in [0.1, 0.15) is 37.7 Å². The second kappa shape index (κ2) is 4.57. The summed E-state index contributed by atoms with van der Waals surface area (Å²) < 4.78 is 6.87. The minimum absolute atomic E-state index is 0.0710. The summed E-state index contributed by atoms with van der Waals surface area (Å²) in [5, 5.41) is 3.30. The monoisotopic (exact) mass is 335 g/mol. The summed E-state index contributed by atoms with van der Waals surface area (Å²) in [6.45, 7) is 0. The highest BCUT2D eigenvalue weighted by atomic mass is 79.9. The molecule has 1 saturated carbocycles. The number of carbonyl (C=O) groups is 1. The predicted molar refractivity (Wildman–Crippen MR) is 79.2 cm³/mol. The van der Waals surface area contributed by atoms with Gasteiger partial charge in [0.1, 0.15) is 0 Å². The number of hydrogen-bond acceptors (Lipinski definition) is 2. The molecule has 1 aromatic carbocycles. The Hall–Kier alpha value is -0.870. The first-order valence-electron chi connectivity index (χ1n) is 7.40. The van der Waals surface area contributed by atoms with Crippen molar-refractivity contribution >= 4 is 21.8 Å². The third kappa shape index (κ3) is 2.09. The van der Waals surface area contributed by atoms with E-state index >= 15 is 0 Å². The van der Waals surface area contributed by atoms with Crippen LogP contribution in [0.3, 0.4) is 0 Å². The van der Waals surface area contributed by atoms with Gasteiger partial charge in [-0.3, -0.25) is 4.79 Å².